The van der Waals surface area contributed by atoms with E-state index in [4.69, 9.17) is 10.8 Å². The molecule has 0 amide bonds. The van der Waals surface area contributed by atoms with Crippen LogP contribution < -0.4 is 10.5 Å². The summed E-state index contributed by atoms with van der Waals surface area (Å²) in [6.45, 7) is 3.39. The number of ether oxygens (including phenoxy) is 1. The molecule has 0 radical (unpaired) electrons. The molecular formula is C18H25NO4. The number of aromatic carboxylic acids is 1. The number of carboxylic acids is 1. The van der Waals surface area contributed by atoms with Crippen LogP contribution in [0.3, 0.4) is 0 Å². The molecule has 2 aliphatic carbocycles. The van der Waals surface area contributed by atoms with E-state index >= 15 is 0 Å². The predicted octanol–water partition coefficient (Wildman–Crippen LogP) is 3.08. The van der Waals surface area contributed by atoms with Gasteiger partial charge in [-0.1, -0.05) is 18.6 Å². The number of para-hydroxylation sites is 1. The summed E-state index contributed by atoms with van der Waals surface area (Å²) in [6.07, 6.45) is 5.89. The number of carbonyl (C=O) groups is 2. The van der Waals surface area contributed by atoms with Crippen molar-refractivity contribution in [2.75, 3.05) is 0 Å². The number of hydrogen-bond donors (Lipinski definition) is 2. The van der Waals surface area contributed by atoms with Crippen molar-refractivity contribution in [3.8, 4) is 5.75 Å². The molecule has 0 heterocycles. The first kappa shape index (κ1) is 17.5. The van der Waals surface area contributed by atoms with Gasteiger partial charge in [-0.25, -0.2) is 4.79 Å². The second-order valence-corrected chi connectivity index (χ2v) is 6.59. The number of benzene rings is 1. The Bertz CT molecular complexity index is 570. The van der Waals surface area contributed by atoms with Gasteiger partial charge in [0.05, 0.1) is 0 Å². The van der Waals surface area contributed by atoms with Crippen LogP contribution >= 0.6 is 0 Å². The Morgan fingerprint density at radius 3 is 2.39 bits per heavy atom. The molecule has 5 nitrogen and oxygen atoms in total. The second-order valence-electron chi connectivity index (χ2n) is 6.59. The Balaban J connectivity index is 0.000000172. The lowest BCUT2D eigenvalue weighted by atomic mass is 9.84. The quantitative estimate of drug-likeness (QED) is 0.660. The highest BCUT2D eigenvalue weighted by Gasteiger charge is 2.40. The first-order valence-electron chi connectivity index (χ1n) is 8.14. The van der Waals surface area contributed by atoms with Crippen molar-refractivity contribution in [1.29, 1.82) is 0 Å². The third-order valence-corrected chi connectivity index (χ3v) is 4.84. The van der Waals surface area contributed by atoms with Crippen molar-refractivity contribution in [1.82, 2.24) is 0 Å². The van der Waals surface area contributed by atoms with E-state index in [1.165, 1.54) is 44.7 Å². The van der Waals surface area contributed by atoms with Crippen LogP contribution in [0.1, 0.15) is 49.9 Å². The zero-order chi connectivity index (χ0) is 17.0. The van der Waals surface area contributed by atoms with Gasteiger partial charge in [0.1, 0.15) is 11.3 Å². The van der Waals surface area contributed by atoms with Gasteiger partial charge in [0.25, 0.3) is 0 Å². The number of hydrogen-bond acceptors (Lipinski definition) is 4. The summed E-state index contributed by atoms with van der Waals surface area (Å²) in [6, 6.07) is 6.43. The molecule has 3 rings (SSSR count). The highest BCUT2D eigenvalue weighted by molar-refractivity contribution is 5.91. The minimum Gasteiger partial charge on any atom is -0.478 e. The lowest BCUT2D eigenvalue weighted by Crippen LogP contribution is -2.30. The first-order valence-corrected chi connectivity index (χ1v) is 8.14. The maximum absolute atomic E-state index is 10.6. The van der Waals surface area contributed by atoms with Crippen molar-refractivity contribution in [2.45, 2.75) is 45.6 Å². The topological polar surface area (TPSA) is 89.6 Å². The fourth-order valence-corrected chi connectivity index (χ4v) is 3.83. The highest BCUT2D eigenvalue weighted by atomic mass is 16.5. The first-order chi connectivity index (χ1) is 10.9. The number of carboxylic acid groups (broad SMARTS) is 1. The Morgan fingerprint density at radius 2 is 1.96 bits per heavy atom. The van der Waals surface area contributed by atoms with E-state index in [0.717, 1.165) is 17.8 Å². The van der Waals surface area contributed by atoms with Crippen molar-refractivity contribution in [2.24, 2.45) is 23.5 Å². The van der Waals surface area contributed by atoms with Crippen LogP contribution in [0.15, 0.2) is 24.3 Å². The molecule has 2 bridgehead atoms. The van der Waals surface area contributed by atoms with Crippen molar-refractivity contribution < 1.29 is 19.4 Å². The van der Waals surface area contributed by atoms with E-state index in [0.29, 0.717) is 6.04 Å². The Morgan fingerprint density at radius 1 is 1.26 bits per heavy atom. The van der Waals surface area contributed by atoms with Gasteiger partial charge in [0.15, 0.2) is 0 Å². The maximum atomic E-state index is 10.6. The van der Waals surface area contributed by atoms with E-state index in [2.05, 4.69) is 11.7 Å². The van der Waals surface area contributed by atoms with Gasteiger partial charge in [-0.2, -0.15) is 0 Å². The Labute approximate surface area is 136 Å². The van der Waals surface area contributed by atoms with Gasteiger partial charge in [-0.15, -0.1) is 0 Å². The average Bonchev–Trinajstić information content (AvgIpc) is 3.10. The minimum absolute atomic E-state index is 0.0160. The molecule has 4 unspecified atom stereocenters. The number of fused-ring (bicyclic) bond motifs is 2. The summed E-state index contributed by atoms with van der Waals surface area (Å²) < 4.78 is 4.69. The van der Waals surface area contributed by atoms with Gasteiger partial charge >= 0.3 is 11.9 Å². The lowest BCUT2D eigenvalue weighted by molar-refractivity contribution is -0.131. The molecule has 0 saturated heterocycles. The molecule has 1 aromatic carbocycles. The van der Waals surface area contributed by atoms with Crippen LogP contribution in [0.2, 0.25) is 0 Å². The molecule has 1 aromatic rings. The van der Waals surface area contributed by atoms with Gasteiger partial charge < -0.3 is 15.6 Å². The molecule has 126 valence electrons. The van der Waals surface area contributed by atoms with Crippen molar-refractivity contribution in [3.63, 3.8) is 0 Å². The maximum Gasteiger partial charge on any atom is 0.339 e. The second kappa shape index (κ2) is 7.59. The van der Waals surface area contributed by atoms with Crippen molar-refractivity contribution >= 4 is 11.9 Å². The van der Waals surface area contributed by atoms with Crippen LogP contribution in [0, 0.1) is 17.8 Å². The largest absolute Gasteiger partial charge is 0.478 e. The molecule has 23 heavy (non-hydrogen) atoms. The zero-order valence-corrected chi connectivity index (χ0v) is 13.7. The standard InChI is InChI=1S/C9H17N.C9H8O4/c1-6(10)9-5-7-2-3-8(9)4-7;1-6(10)13-8-5-3-2-4-7(8)9(11)12/h6-9H,2-5,10H2,1H3;2-5H,1H3,(H,11,12). The van der Waals surface area contributed by atoms with Gasteiger partial charge in [-0.05, 0) is 56.1 Å². The molecule has 4 atom stereocenters. The van der Waals surface area contributed by atoms with Crippen LogP contribution in [-0.4, -0.2) is 23.1 Å². The molecule has 5 heteroatoms. The van der Waals surface area contributed by atoms with Crippen LogP contribution in [0.5, 0.6) is 5.75 Å². The molecule has 0 aromatic heterocycles. The fourth-order valence-electron chi connectivity index (χ4n) is 3.83. The third-order valence-electron chi connectivity index (χ3n) is 4.84. The summed E-state index contributed by atoms with van der Waals surface area (Å²) in [4.78, 5) is 21.2. The summed E-state index contributed by atoms with van der Waals surface area (Å²) in [5, 5.41) is 8.69. The zero-order valence-electron chi connectivity index (χ0n) is 13.7. The van der Waals surface area contributed by atoms with Gasteiger partial charge in [0.2, 0.25) is 0 Å². The summed E-state index contributed by atoms with van der Waals surface area (Å²) in [7, 11) is 0. The normalized spacial score (nSPS) is 26.1. The molecule has 2 fully saturated rings. The molecule has 3 N–H and O–H groups in total. The monoisotopic (exact) mass is 319 g/mol. The summed E-state index contributed by atoms with van der Waals surface area (Å²) in [5.74, 6) is 1.36. The number of carbonyl (C=O) groups excluding carboxylic acids is 1. The van der Waals surface area contributed by atoms with E-state index in [1.807, 2.05) is 0 Å². The van der Waals surface area contributed by atoms with Gasteiger partial charge in [-0.3, -0.25) is 4.79 Å². The van der Waals surface area contributed by atoms with Gasteiger partial charge in [0, 0.05) is 13.0 Å². The molecule has 2 saturated carbocycles. The van der Waals surface area contributed by atoms with Crippen LogP contribution in [0.25, 0.3) is 0 Å². The average molecular weight is 319 g/mol. The molecular weight excluding hydrogens is 294 g/mol. The third kappa shape index (κ3) is 4.55. The van der Waals surface area contributed by atoms with Crippen LogP contribution in [0.4, 0.5) is 0 Å². The number of nitrogens with two attached hydrogens (primary N) is 1. The van der Waals surface area contributed by atoms with Crippen LogP contribution in [-0.2, 0) is 4.79 Å². The summed E-state index contributed by atoms with van der Waals surface area (Å²) >= 11 is 0. The Kier molecular flexibility index (Phi) is 5.77. The molecule has 0 spiro atoms. The fraction of sp³-hybridized carbons (Fsp3) is 0.556. The minimum atomic E-state index is -1.11. The van der Waals surface area contributed by atoms with E-state index in [9.17, 15) is 9.59 Å². The van der Waals surface area contributed by atoms with Crippen molar-refractivity contribution in [3.05, 3.63) is 29.8 Å². The lowest BCUT2D eigenvalue weighted by Gasteiger charge is -2.24. The number of rotatable bonds is 3. The Hall–Kier alpha value is -1.88. The predicted molar refractivity (Wildman–Crippen MR) is 87.3 cm³/mol. The molecule has 2 aliphatic rings. The molecule has 0 aliphatic heterocycles. The van der Waals surface area contributed by atoms with E-state index in [1.54, 1.807) is 12.1 Å². The SMILES string of the molecule is CC(=O)Oc1ccccc1C(=O)O.CC(N)C1CC2CCC1C2. The van der Waals surface area contributed by atoms with E-state index in [-0.39, 0.29) is 11.3 Å². The summed E-state index contributed by atoms with van der Waals surface area (Å²) in [5.41, 5.74) is 5.87. The smallest absolute Gasteiger partial charge is 0.339 e. The van der Waals surface area contributed by atoms with E-state index < -0.39 is 11.9 Å². The highest BCUT2D eigenvalue weighted by Crippen LogP contribution is 2.49. The number of esters is 1.